The summed E-state index contributed by atoms with van der Waals surface area (Å²) >= 11 is 5.74. The fraction of sp³-hybridized carbons (Fsp3) is 0.467. The Morgan fingerprint density at radius 3 is 2.43 bits per heavy atom. The highest BCUT2D eigenvalue weighted by Gasteiger charge is 2.33. The third kappa shape index (κ3) is 4.23. The molecule has 1 heterocycles. The topological polar surface area (TPSA) is 97.5 Å². The molecular weight excluding hydrogens is 340 g/mol. The first-order valence-electron chi connectivity index (χ1n) is 7.28. The van der Waals surface area contributed by atoms with Gasteiger partial charge in [-0.25, -0.2) is 8.42 Å². The standard InChI is InChI=1S/C15H19ClN2O4S/c1-10-2-3-11(15(17)20)8-18(10)14(19)9-23(21,22)13-6-4-12(16)5-7-13/h4-7,10-11H,2-3,8-9H2,1H3,(H2,17,20). The van der Waals surface area contributed by atoms with Crippen molar-refractivity contribution < 1.29 is 18.0 Å². The van der Waals surface area contributed by atoms with Crippen molar-refractivity contribution in [2.75, 3.05) is 12.3 Å². The van der Waals surface area contributed by atoms with Crippen LogP contribution in [0.3, 0.4) is 0 Å². The Balaban J connectivity index is 2.13. The van der Waals surface area contributed by atoms with Crippen LogP contribution in [-0.4, -0.2) is 43.5 Å². The number of hydrogen-bond donors (Lipinski definition) is 1. The van der Waals surface area contributed by atoms with Crippen LogP contribution in [0.4, 0.5) is 0 Å². The van der Waals surface area contributed by atoms with Crippen LogP contribution in [-0.2, 0) is 19.4 Å². The third-order valence-corrected chi connectivity index (χ3v) is 5.96. The zero-order valence-electron chi connectivity index (χ0n) is 12.7. The van der Waals surface area contributed by atoms with E-state index in [1.54, 1.807) is 0 Å². The second kappa shape index (κ2) is 6.88. The maximum absolute atomic E-state index is 12.4. The molecule has 8 heteroatoms. The van der Waals surface area contributed by atoms with E-state index in [2.05, 4.69) is 0 Å². The maximum Gasteiger partial charge on any atom is 0.238 e. The molecule has 1 aliphatic heterocycles. The van der Waals surface area contributed by atoms with E-state index in [1.807, 2.05) is 6.92 Å². The normalized spacial score (nSPS) is 21.9. The average molecular weight is 359 g/mol. The Morgan fingerprint density at radius 2 is 1.87 bits per heavy atom. The van der Waals surface area contributed by atoms with Gasteiger partial charge in [-0.2, -0.15) is 0 Å². The van der Waals surface area contributed by atoms with Crippen LogP contribution < -0.4 is 5.73 Å². The highest BCUT2D eigenvalue weighted by atomic mass is 35.5. The number of nitrogens with zero attached hydrogens (tertiary/aromatic N) is 1. The van der Waals surface area contributed by atoms with Crippen LogP contribution in [0.5, 0.6) is 0 Å². The SMILES string of the molecule is CC1CCC(C(N)=O)CN1C(=O)CS(=O)(=O)c1ccc(Cl)cc1. The van der Waals surface area contributed by atoms with Crippen LogP contribution >= 0.6 is 11.6 Å². The number of hydrogen-bond acceptors (Lipinski definition) is 4. The molecule has 2 atom stereocenters. The van der Waals surface area contributed by atoms with E-state index < -0.39 is 33.3 Å². The van der Waals surface area contributed by atoms with Gasteiger partial charge in [-0.1, -0.05) is 11.6 Å². The van der Waals surface area contributed by atoms with Gasteiger partial charge in [0.05, 0.1) is 10.8 Å². The van der Waals surface area contributed by atoms with Crippen molar-refractivity contribution in [1.82, 2.24) is 4.90 Å². The lowest BCUT2D eigenvalue weighted by Gasteiger charge is -2.36. The van der Waals surface area contributed by atoms with E-state index in [9.17, 15) is 18.0 Å². The highest BCUT2D eigenvalue weighted by molar-refractivity contribution is 7.92. The van der Waals surface area contributed by atoms with E-state index in [4.69, 9.17) is 17.3 Å². The number of carbonyl (C=O) groups is 2. The molecule has 126 valence electrons. The quantitative estimate of drug-likeness (QED) is 0.875. The molecule has 1 aliphatic rings. The first-order valence-corrected chi connectivity index (χ1v) is 9.31. The number of primary amides is 1. The number of rotatable bonds is 4. The zero-order valence-corrected chi connectivity index (χ0v) is 14.3. The van der Waals surface area contributed by atoms with Gasteiger partial charge in [0.15, 0.2) is 9.84 Å². The molecule has 2 amide bonds. The molecule has 1 aromatic rings. The smallest absolute Gasteiger partial charge is 0.238 e. The molecular formula is C15H19ClN2O4S. The molecule has 6 nitrogen and oxygen atoms in total. The van der Waals surface area contributed by atoms with Gasteiger partial charge >= 0.3 is 0 Å². The van der Waals surface area contributed by atoms with Gasteiger partial charge in [0.25, 0.3) is 0 Å². The van der Waals surface area contributed by atoms with Crippen molar-refractivity contribution in [3.63, 3.8) is 0 Å². The summed E-state index contributed by atoms with van der Waals surface area (Å²) in [6.07, 6.45) is 1.24. The summed E-state index contributed by atoms with van der Waals surface area (Å²) in [5, 5.41) is 0.421. The molecule has 1 fully saturated rings. The second-order valence-corrected chi connectivity index (χ2v) is 8.21. The first-order chi connectivity index (χ1) is 10.7. The Hall–Kier alpha value is -1.60. The van der Waals surface area contributed by atoms with Crippen molar-refractivity contribution in [2.45, 2.75) is 30.7 Å². The van der Waals surface area contributed by atoms with Crippen LogP contribution in [0.25, 0.3) is 0 Å². The van der Waals surface area contributed by atoms with Gasteiger partial charge in [-0.05, 0) is 44.0 Å². The Labute approximate surface area is 140 Å². The minimum absolute atomic E-state index is 0.0476. The number of sulfone groups is 1. The summed E-state index contributed by atoms with van der Waals surface area (Å²) in [5.74, 6) is -2.04. The number of likely N-dealkylation sites (tertiary alicyclic amines) is 1. The van der Waals surface area contributed by atoms with Crippen LogP contribution in [0, 0.1) is 5.92 Å². The number of halogens is 1. The van der Waals surface area contributed by atoms with E-state index >= 15 is 0 Å². The van der Waals surface area contributed by atoms with Gasteiger partial charge in [0.2, 0.25) is 11.8 Å². The molecule has 2 rings (SSSR count). The lowest BCUT2D eigenvalue weighted by molar-refractivity contribution is -0.135. The summed E-state index contributed by atoms with van der Waals surface area (Å²) in [5.41, 5.74) is 5.30. The number of carbonyl (C=O) groups excluding carboxylic acids is 2. The number of benzene rings is 1. The minimum atomic E-state index is -3.75. The van der Waals surface area contributed by atoms with Gasteiger partial charge in [-0.3, -0.25) is 9.59 Å². The Morgan fingerprint density at radius 1 is 1.26 bits per heavy atom. The predicted molar refractivity (Wildman–Crippen MR) is 86.6 cm³/mol. The third-order valence-electron chi connectivity index (χ3n) is 4.09. The molecule has 0 radical (unpaired) electrons. The average Bonchev–Trinajstić information content (AvgIpc) is 2.47. The molecule has 0 aliphatic carbocycles. The predicted octanol–water partition coefficient (Wildman–Crippen LogP) is 1.23. The highest BCUT2D eigenvalue weighted by Crippen LogP contribution is 2.23. The van der Waals surface area contributed by atoms with Gasteiger partial charge in [0, 0.05) is 17.6 Å². The summed E-state index contributed by atoms with van der Waals surface area (Å²) in [6, 6.07) is 5.56. The summed E-state index contributed by atoms with van der Waals surface area (Å²) in [6.45, 7) is 2.01. The largest absolute Gasteiger partial charge is 0.369 e. The van der Waals surface area contributed by atoms with Crippen molar-refractivity contribution in [3.8, 4) is 0 Å². The number of amides is 2. The molecule has 1 aromatic carbocycles. The van der Waals surface area contributed by atoms with Gasteiger partial charge in [-0.15, -0.1) is 0 Å². The molecule has 23 heavy (non-hydrogen) atoms. The molecule has 2 unspecified atom stereocenters. The van der Waals surface area contributed by atoms with E-state index in [1.165, 1.54) is 29.2 Å². The van der Waals surface area contributed by atoms with Crippen molar-refractivity contribution in [1.29, 1.82) is 0 Å². The van der Waals surface area contributed by atoms with Crippen molar-refractivity contribution in [3.05, 3.63) is 29.3 Å². The summed E-state index contributed by atoms with van der Waals surface area (Å²) in [4.78, 5) is 25.2. The lowest BCUT2D eigenvalue weighted by Crippen LogP contribution is -2.50. The lowest BCUT2D eigenvalue weighted by atomic mass is 9.93. The monoisotopic (exact) mass is 358 g/mol. The summed E-state index contributed by atoms with van der Waals surface area (Å²) in [7, 11) is -3.75. The summed E-state index contributed by atoms with van der Waals surface area (Å²) < 4.78 is 24.7. The van der Waals surface area contributed by atoms with Crippen LogP contribution in [0.1, 0.15) is 19.8 Å². The van der Waals surface area contributed by atoms with Gasteiger partial charge in [0.1, 0.15) is 5.75 Å². The first kappa shape index (κ1) is 17.7. The van der Waals surface area contributed by atoms with Gasteiger partial charge < -0.3 is 10.6 Å². The zero-order chi connectivity index (χ0) is 17.2. The molecule has 0 spiro atoms. The maximum atomic E-state index is 12.4. The number of nitrogens with two attached hydrogens (primary N) is 1. The molecule has 2 N–H and O–H groups in total. The van der Waals surface area contributed by atoms with Crippen LogP contribution in [0.2, 0.25) is 5.02 Å². The minimum Gasteiger partial charge on any atom is -0.369 e. The molecule has 0 saturated carbocycles. The van der Waals surface area contributed by atoms with Crippen LogP contribution in [0.15, 0.2) is 29.2 Å². The van der Waals surface area contributed by atoms with Crippen molar-refractivity contribution in [2.24, 2.45) is 11.7 Å². The Bertz CT molecular complexity index is 703. The van der Waals surface area contributed by atoms with E-state index in [0.29, 0.717) is 17.9 Å². The second-order valence-electron chi connectivity index (χ2n) is 5.78. The number of piperidine rings is 1. The van der Waals surface area contributed by atoms with E-state index in [0.717, 1.165) is 0 Å². The van der Waals surface area contributed by atoms with E-state index in [-0.39, 0.29) is 17.5 Å². The fourth-order valence-corrected chi connectivity index (χ4v) is 3.99. The fourth-order valence-electron chi connectivity index (χ4n) is 2.66. The Kier molecular flexibility index (Phi) is 5.31. The molecule has 1 saturated heterocycles. The molecule has 0 aromatic heterocycles. The van der Waals surface area contributed by atoms with Crippen molar-refractivity contribution >= 4 is 33.3 Å². The molecule has 0 bridgehead atoms.